The molecule has 0 radical (unpaired) electrons. The number of anilines is 1. The molecule has 5 nitrogen and oxygen atoms in total. The van der Waals surface area contributed by atoms with Crippen LogP contribution in [0.2, 0.25) is 0 Å². The van der Waals surface area contributed by atoms with Crippen LogP contribution in [0.25, 0.3) is 11.4 Å². The highest BCUT2D eigenvalue weighted by molar-refractivity contribution is 7.09. The van der Waals surface area contributed by atoms with E-state index in [1.54, 1.807) is 0 Å². The minimum atomic E-state index is 0.0709. The van der Waals surface area contributed by atoms with Gasteiger partial charge in [-0.05, 0) is 31.6 Å². The number of carbonyl (C=O) groups excluding carboxylic acids is 1. The number of rotatable bonds is 5. The van der Waals surface area contributed by atoms with Crippen LogP contribution in [0.15, 0.2) is 30.3 Å². The zero-order valence-corrected chi connectivity index (χ0v) is 14.5. The van der Waals surface area contributed by atoms with Gasteiger partial charge in [0.2, 0.25) is 11.0 Å². The van der Waals surface area contributed by atoms with Gasteiger partial charge in [0.05, 0.1) is 5.92 Å². The van der Waals surface area contributed by atoms with E-state index in [0.717, 1.165) is 54.9 Å². The molecule has 1 aromatic carbocycles. The number of benzene rings is 1. The molecule has 2 aliphatic rings. The zero-order valence-electron chi connectivity index (χ0n) is 13.6. The van der Waals surface area contributed by atoms with Gasteiger partial charge in [-0.15, -0.1) is 0 Å². The Bertz CT molecular complexity index is 698. The van der Waals surface area contributed by atoms with E-state index in [1.165, 1.54) is 24.4 Å². The fourth-order valence-corrected chi connectivity index (χ4v) is 3.85. The molecule has 1 unspecified atom stereocenters. The van der Waals surface area contributed by atoms with Crippen LogP contribution in [-0.4, -0.2) is 34.9 Å². The van der Waals surface area contributed by atoms with E-state index >= 15 is 0 Å². The van der Waals surface area contributed by atoms with Crippen LogP contribution in [0.5, 0.6) is 0 Å². The van der Waals surface area contributed by atoms with Crippen LogP contribution in [-0.2, 0) is 4.79 Å². The summed E-state index contributed by atoms with van der Waals surface area (Å²) in [5, 5.41) is 4.04. The first kappa shape index (κ1) is 15.6. The quantitative estimate of drug-likeness (QED) is 0.908. The molecule has 0 spiro atoms. The number of carbonyl (C=O) groups is 1. The van der Waals surface area contributed by atoms with E-state index in [9.17, 15) is 4.79 Å². The largest absolute Gasteiger partial charge is 0.356 e. The van der Waals surface area contributed by atoms with E-state index in [2.05, 4.69) is 19.6 Å². The lowest BCUT2D eigenvalue weighted by atomic mass is 9.97. The highest BCUT2D eigenvalue weighted by Gasteiger charge is 2.29. The maximum Gasteiger partial charge on any atom is 0.224 e. The van der Waals surface area contributed by atoms with Crippen molar-refractivity contribution in [3.63, 3.8) is 0 Å². The van der Waals surface area contributed by atoms with Crippen LogP contribution in [0.1, 0.15) is 25.7 Å². The van der Waals surface area contributed by atoms with Crippen LogP contribution in [0.3, 0.4) is 0 Å². The molecule has 24 heavy (non-hydrogen) atoms. The van der Waals surface area contributed by atoms with Gasteiger partial charge in [0.1, 0.15) is 0 Å². The van der Waals surface area contributed by atoms with Crippen LogP contribution < -0.4 is 10.2 Å². The van der Waals surface area contributed by atoms with E-state index in [0.29, 0.717) is 0 Å². The lowest BCUT2D eigenvalue weighted by Gasteiger charge is -2.31. The molecular formula is C18H22N4OS. The van der Waals surface area contributed by atoms with Crippen LogP contribution in [0.4, 0.5) is 5.13 Å². The molecule has 1 N–H and O–H groups in total. The first-order chi connectivity index (χ1) is 11.8. The Morgan fingerprint density at radius 3 is 2.88 bits per heavy atom. The van der Waals surface area contributed by atoms with Gasteiger partial charge in [-0.3, -0.25) is 4.79 Å². The number of aromatic nitrogens is 2. The molecule has 1 amide bonds. The van der Waals surface area contributed by atoms with Gasteiger partial charge >= 0.3 is 0 Å². The van der Waals surface area contributed by atoms with Crippen LogP contribution in [0, 0.1) is 11.8 Å². The Balaban J connectivity index is 1.40. The molecule has 1 atom stereocenters. The molecule has 0 bridgehead atoms. The van der Waals surface area contributed by atoms with E-state index in [-0.39, 0.29) is 11.8 Å². The van der Waals surface area contributed by atoms with E-state index < -0.39 is 0 Å². The van der Waals surface area contributed by atoms with Crippen molar-refractivity contribution in [2.75, 3.05) is 24.5 Å². The summed E-state index contributed by atoms with van der Waals surface area (Å²) in [6, 6.07) is 10.0. The first-order valence-electron chi connectivity index (χ1n) is 8.71. The number of hydrogen-bond acceptors (Lipinski definition) is 5. The Morgan fingerprint density at radius 1 is 1.25 bits per heavy atom. The number of nitrogens with zero attached hydrogens (tertiary/aromatic N) is 3. The summed E-state index contributed by atoms with van der Waals surface area (Å²) in [6.07, 6.45) is 4.54. The summed E-state index contributed by atoms with van der Waals surface area (Å²) in [7, 11) is 0. The Morgan fingerprint density at radius 2 is 2.08 bits per heavy atom. The molecule has 2 aromatic rings. The van der Waals surface area contributed by atoms with Gasteiger partial charge in [0, 0.05) is 36.7 Å². The maximum absolute atomic E-state index is 12.4. The molecule has 1 aliphatic heterocycles. The third-order valence-corrected chi connectivity index (χ3v) is 5.55. The smallest absolute Gasteiger partial charge is 0.224 e. The molecule has 2 heterocycles. The predicted molar refractivity (Wildman–Crippen MR) is 96.0 cm³/mol. The third-order valence-electron chi connectivity index (χ3n) is 4.77. The summed E-state index contributed by atoms with van der Waals surface area (Å²) in [5.41, 5.74) is 1.04. The molecule has 1 aliphatic carbocycles. The van der Waals surface area contributed by atoms with Crippen molar-refractivity contribution in [3.8, 4) is 11.4 Å². The normalized spacial score (nSPS) is 20.8. The van der Waals surface area contributed by atoms with Gasteiger partial charge in [-0.25, -0.2) is 0 Å². The average Bonchev–Trinajstić information content (AvgIpc) is 3.34. The monoisotopic (exact) mass is 342 g/mol. The van der Waals surface area contributed by atoms with E-state index in [4.69, 9.17) is 0 Å². The second kappa shape index (κ2) is 6.89. The zero-order chi connectivity index (χ0) is 16.4. The number of piperidine rings is 1. The summed E-state index contributed by atoms with van der Waals surface area (Å²) in [4.78, 5) is 19.3. The predicted octanol–water partition coefficient (Wildman–Crippen LogP) is 2.95. The minimum Gasteiger partial charge on any atom is -0.356 e. The summed E-state index contributed by atoms with van der Waals surface area (Å²) in [6.45, 7) is 2.56. The molecule has 126 valence electrons. The highest BCUT2D eigenvalue weighted by atomic mass is 32.1. The molecule has 2 fully saturated rings. The van der Waals surface area contributed by atoms with Crippen molar-refractivity contribution in [1.29, 1.82) is 0 Å². The van der Waals surface area contributed by atoms with E-state index in [1.807, 2.05) is 30.3 Å². The van der Waals surface area contributed by atoms with Crippen molar-refractivity contribution in [1.82, 2.24) is 14.7 Å². The third kappa shape index (κ3) is 3.59. The molecule has 1 saturated carbocycles. The Labute approximate surface area is 146 Å². The minimum absolute atomic E-state index is 0.0709. The van der Waals surface area contributed by atoms with Gasteiger partial charge < -0.3 is 10.2 Å². The summed E-state index contributed by atoms with van der Waals surface area (Å²) < 4.78 is 4.49. The van der Waals surface area contributed by atoms with Crippen molar-refractivity contribution in [3.05, 3.63) is 30.3 Å². The second-order valence-corrected chi connectivity index (χ2v) is 7.47. The SMILES string of the molecule is O=C(NCC1CC1)C1CCCN(c2nc(-c3ccccc3)ns2)C1. The van der Waals surface area contributed by atoms with Gasteiger partial charge in [-0.2, -0.15) is 9.36 Å². The van der Waals surface area contributed by atoms with Crippen molar-refractivity contribution in [2.24, 2.45) is 11.8 Å². The first-order valence-corrected chi connectivity index (χ1v) is 9.49. The maximum atomic E-state index is 12.4. The van der Waals surface area contributed by atoms with Crippen molar-refractivity contribution in [2.45, 2.75) is 25.7 Å². The van der Waals surface area contributed by atoms with Crippen molar-refractivity contribution < 1.29 is 4.79 Å². The standard InChI is InChI=1S/C18H22N4OS/c23-17(19-11-13-8-9-13)15-7-4-10-22(12-15)18-20-16(21-24-18)14-5-2-1-3-6-14/h1-3,5-6,13,15H,4,7-12H2,(H,19,23). The molecule has 4 rings (SSSR count). The Kier molecular flexibility index (Phi) is 4.47. The molecular weight excluding hydrogens is 320 g/mol. The highest BCUT2D eigenvalue weighted by Crippen LogP contribution is 2.29. The topological polar surface area (TPSA) is 58.1 Å². The molecule has 1 saturated heterocycles. The number of nitrogens with one attached hydrogen (secondary N) is 1. The van der Waals surface area contributed by atoms with Crippen molar-refractivity contribution >= 4 is 22.6 Å². The lowest BCUT2D eigenvalue weighted by Crippen LogP contribution is -2.43. The van der Waals surface area contributed by atoms with Gasteiger partial charge in [-0.1, -0.05) is 30.3 Å². The lowest BCUT2D eigenvalue weighted by molar-refractivity contribution is -0.125. The summed E-state index contributed by atoms with van der Waals surface area (Å²) >= 11 is 1.43. The molecule has 1 aromatic heterocycles. The fourth-order valence-electron chi connectivity index (χ4n) is 3.12. The Hall–Kier alpha value is -1.95. The average molecular weight is 342 g/mol. The number of hydrogen-bond donors (Lipinski definition) is 1. The fraction of sp³-hybridized carbons (Fsp3) is 0.500. The van der Waals surface area contributed by atoms with Gasteiger partial charge in [0.15, 0.2) is 5.82 Å². The van der Waals surface area contributed by atoms with Crippen LogP contribution >= 0.6 is 11.5 Å². The number of amides is 1. The van der Waals surface area contributed by atoms with Gasteiger partial charge in [0.25, 0.3) is 0 Å². The molecule has 6 heteroatoms. The second-order valence-electron chi connectivity index (χ2n) is 6.74. The summed E-state index contributed by atoms with van der Waals surface area (Å²) in [5.74, 6) is 1.78.